The smallest absolute Gasteiger partial charge is 0.335 e. The molecule has 0 aliphatic carbocycles. The first-order valence-electron chi connectivity index (χ1n) is 9.65. The molecule has 0 aliphatic heterocycles. The van der Waals surface area contributed by atoms with Crippen LogP contribution in [0.1, 0.15) is 41.4 Å². The molecule has 0 unspecified atom stereocenters. The van der Waals surface area contributed by atoms with Crippen LogP contribution in [0.3, 0.4) is 0 Å². The van der Waals surface area contributed by atoms with Crippen molar-refractivity contribution in [3.05, 3.63) is 82.9 Å². The summed E-state index contributed by atoms with van der Waals surface area (Å²) in [5, 5.41) is 46.8. The molecule has 10 nitrogen and oxygen atoms in total. The molecule has 0 saturated heterocycles. The molecule has 0 radical (unpaired) electrons. The fourth-order valence-electron chi connectivity index (χ4n) is 3.55. The second kappa shape index (κ2) is 8.43. The van der Waals surface area contributed by atoms with E-state index in [1.807, 2.05) is 0 Å². The number of carbonyl (C=O) groups is 4. The van der Waals surface area contributed by atoms with Gasteiger partial charge in [0.1, 0.15) is 11.4 Å². The molecule has 10 heteroatoms. The maximum Gasteiger partial charge on any atom is 0.335 e. The van der Waals surface area contributed by atoms with E-state index in [-0.39, 0.29) is 44.8 Å². The maximum absolute atomic E-state index is 11.5. The fraction of sp³-hybridized carbons (Fsp3) is 0. The summed E-state index contributed by atoms with van der Waals surface area (Å²) in [5.74, 6) is -5.26. The van der Waals surface area contributed by atoms with Gasteiger partial charge in [0.25, 0.3) is 0 Å². The predicted molar refractivity (Wildman–Crippen MR) is 118 cm³/mol. The van der Waals surface area contributed by atoms with E-state index in [0.717, 1.165) is 12.1 Å². The van der Waals surface area contributed by atoms with E-state index in [0.29, 0.717) is 10.8 Å². The molecular formula is C24H14N2O8. The monoisotopic (exact) mass is 458 g/mol. The Hall–Kier alpha value is -5.12. The zero-order valence-corrected chi connectivity index (χ0v) is 17.1. The number of hydrogen-bond acceptors (Lipinski definition) is 6. The summed E-state index contributed by atoms with van der Waals surface area (Å²) in [6.07, 6.45) is 0. The largest absolute Gasteiger partial charge is 0.478 e. The summed E-state index contributed by atoms with van der Waals surface area (Å²) in [6.45, 7) is 0. The molecule has 4 aromatic rings. The van der Waals surface area contributed by atoms with Gasteiger partial charge < -0.3 is 20.4 Å². The third kappa shape index (κ3) is 4.02. The molecule has 0 amide bonds. The first-order chi connectivity index (χ1) is 16.2. The number of hydrogen-bond donors (Lipinski definition) is 4. The molecule has 0 fully saturated rings. The van der Waals surface area contributed by atoms with Crippen molar-refractivity contribution in [2.24, 2.45) is 0 Å². The van der Waals surface area contributed by atoms with E-state index in [1.165, 1.54) is 24.3 Å². The standard InChI is InChI=1S/C24H14N2O8/c27-21(28)13-5-11(6-14(9-13)22(29)30)19-17-3-1-2-4-18(17)20(26-25-19)12-7-15(23(31)32)10-16(8-12)24(33)34/h1-10H,(H,27,28)(H,29,30)(H,31,32)(H,33,34). The van der Waals surface area contributed by atoms with E-state index >= 15 is 0 Å². The summed E-state index contributed by atoms with van der Waals surface area (Å²) >= 11 is 0. The highest BCUT2D eigenvalue weighted by Crippen LogP contribution is 2.34. The van der Waals surface area contributed by atoms with Crippen molar-refractivity contribution in [3.8, 4) is 22.5 Å². The van der Waals surface area contributed by atoms with Gasteiger partial charge in [0.15, 0.2) is 0 Å². The zero-order chi connectivity index (χ0) is 24.6. The van der Waals surface area contributed by atoms with Crippen LogP contribution in [0, 0.1) is 0 Å². The molecule has 168 valence electrons. The quantitative estimate of drug-likeness (QED) is 0.333. The Kier molecular flexibility index (Phi) is 5.48. The summed E-state index contributed by atoms with van der Waals surface area (Å²) in [6, 6.07) is 13.9. The molecule has 1 heterocycles. The molecule has 0 atom stereocenters. The van der Waals surface area contributed by atoms with Crippen molar-refractivity contribution in [2.45, 2.75) is 0 Å². The van der Waals surface area contributed by atoms with Gasteiger partial charge in [-0.15, -0.1) is 10.2 Å². The number of fused-ring (bicyclic) bond motifs is 1. The van der Waals surface area contributed by atoms with Crippen molar-refractivity contribution in [1.82, 2.24) is 10.2 Å². The number of nitrogens with zero attached hydrogens (tertiary/aromatic N) is 2. The van der Waals surface area contributed by atoms with Crippen molar-refractivity contribution in [2.75, 3.05) is 0 Å². The Morgan fingerprint density at radius 2 is 0.794 bits per heavy atom. The van der Waals surface area contributed by atoms with Gasteiger partial charge in [0.05, 0.1) is 22.3 Å². The second-order valence-electron chi connectivity index (χ2n) is 7.26. The minimum atomic E-state index is -1.31. The van der Waals surface area contributed by atoms with E-state index in [1.54, 1.807) is 24.3 Å². The predicted octanol–water partition coefficient (Wildman–Crippen LogP) is 3.76. The number of rotatable bonds is 6. The fourth-order valence-corrected chi connectivity index (χ4v) is 3.55. The number of carboxylic acid groups (broad SMARTS) is 4. The average molecular weight is 458 g/mol. The van der Waals surface area contributed by atoms with Crippen molar-refractivity contribution in [3.63, 3.8) is 0 Å². The summed E-state index contributed by atoms with van der Waals surface area (Å²) < 4.78 is 0. The Bertz CT molecular complexity index is 1350. The van der Waals surface area contributed by atoms with Crippen LogP contribution in [0.4, 0.5) is 0 Å². The van der Waals surface area contributed by atoms with Gasteiger partial charge in [-0.05, 0) is 36.4 Å². The first kappa shape index (κ1) is 22.1. The normalized spacial score (nSPS) is 10.7. The van der Waals surface area contributed by atoms with Crippen LogP contribution in [0.15, 0.2) is 60.7 Å². The molecular weight excluding hydrogens is 444 g/mol. The molecule has 1 aromatic heterocycles. The third-order valence-corrected chi connectivity index (χ3v) is 5.09. The Morgan fingerprint density at radius 1 is 0.500 bits per heavy atom. The van der Waals surface area contributed by atoms with Crippen LogP contribution in [0.5, 0.6) is 0 Å². The molecule has 0 saturated carbocycles. The number of carboxylic acids is 4. The average Bonchev–Trinajstić information content (AvgIpc) is 2.82. The van der Waals surface area contributed by atoms with E-state index in [4.69, 9.17) is 0 Å². The number of benzene rings is 3. The molecule has 0 bridgehead atoms. The van der Waals surface area contributed by atoms with Gasteiger partial charge in [-0.3, -0.25) is 0 Å². The summed E-state index contributed by atoms with van der Waals surface area (Å²) in [4.78, 5) is 46.0. The molecule has 0 aliphatic rings. The van der Waals surface area contributed by atoms with E-state index in [9.17, 15) is 39.6 Å². The molecule has 34 heavy (non-hydrogen) atoms. The highest BCUT2D eigenvalue weighted by Gasteiger charge is 2.19. The Labute approximate surface area is 190 Å². The summed E-state index contributed by atoms with van der Waals surface area (Å²) in [5.41, 5.74) is -0.155. The van der Waals surface area contributed by atoms with E-state index < -0.39 is 23.9 Å². The lowest BCUT2D eigenvalue weighted by atomic mass is 9.96. The summed E-state index contributed by atoms with van der Waals surface area (Å²) in [7, 11) is 0. The zero-order valence-electron chi connectivity index (χ0n) is 17.1. The van der Waals surface area contributed by atoms with Crippen LogP contribution in [-0.2, 0) is 0 Å². The lowest BCUT2D eigenvalue weighted by molar-refractivity contribution is 0.0676. The van der Waals surface area contributed by atoms with Crippen molar-refractivity contribution >= 4 is 34.6 Å². The van der Waals surface area contributed by atoms with E-state index in [2.05, 4.69) is 10.2 Å². The maximum atomic E-state index is 11.5. The highest BCUT2D eigenvalue weighted by molar-refractivity contribution is 6.05. The minimum absolute atomic E-state index is 0.206. The minimum Gasteiger partial charge on any atom is -0.478 e. The van der Waals surface area contributed by atoms with Crippen LogP contribution in [0.2, 0.25) is 0 Å². The van der Waals surface area contributed by atoms with Gasteiger partial charge >= 0.3 is 23.9 Å². The van der Waals surface area contributed by atoms with Crippen LogP contribution in [-0.4, -0.2) is 54.5 Å². The Morgan fingerprint density at radius 3 is 1.06 bits per heavy atom. The number of aromatic carboxylic acids is 4. The topological polar surface area (TPSA) is 175 Å². The van der Waals surface area contributed by atoms with Crippen LogP contribution >= 0.6 is 0 Å². The second-order valence-corrected chi connectivity index (χ2v) is 7.26. The van der Waals surface area contributed by atoms with Gasteiger partial charge in [0.2, 0.25) is 0 Å². The third-order valence-electron chi connectivity index (χ3n) is 5.09. The molecule has 4 N–H and O–H groups in total. The highest BCUT2D eigenvalue weighted by atomic mass is 16.4. The van der Waals surface area contributed by atoms with Crippen molar-refractivity contribution < 1.29 is 39.6 Å². The molecule has 0 spiro atoms. The molecule has 4 rings (SSSR count). The SMILES string of the molecule is O=C(O)c1cc(C(=O)O)cc(-c2nnc(-c3cc(C(=O)O)cc(C(=O)O)c3)c3ccccc23)c1. The lowest BCUT2D eigenvalue weighted by Gasteiger charge is -2.12. The number of aromatic nitrogens is 2. The van der Waals surface area contributed by atoms with Gasteiger partial charge in [0, 0.05) is 21.9 Å². The van der Waals surface area contributed by atoms with Crippen molar-refractivity contribution in [1.29, 1.82) is 0 Å². The Balaban J connectivity index is 2.00. The molecule has 3 aromatic carbocycles. The van der Waals surface area contributed by atoms with Gasteiger partial charge in [-0.1, -0.05) is 24.3 Å². The van der Waals surface area contributed by atoms with Gasteiger partial charge in [-0.2, -0.15) is 0 Å². The van der Waals surface area contributed by atoms with Crippen LogP contribution < -0.4 is 0 Å². The van der Waals surface area contributed by atoms with Gasteiger partial charge in [-0.25, -0.2) is 19.2 Å². The van der Waals surface area contributed by atoms with Crippen LogP contribution in [0.25, 0.3) is 33.3 Å². The first-order valence-corrected chi connectivity index (χ1v) is 9.65. The lowest BCUT2D eigenvalue weighted by Crippen LogP contribution is -2.05.